The molecule has 0 spiro atoms. The van der Waals surface area contributed by atoms with E-state index in [0.717, 1.165) is 0 Å². The molecular formula is C17H16ClNO3S. The lowest BCUT2D eigenvalue weighted by Gasteiger charge is -2.28. The Morgan fingerprint density at radius 1 is 1.04 bits per heavy atom. The maximum atomic E-state index is 12.9. The second kappa shape index (κ2) is 6.34. The normalized spacial score (nSPS) is 19.4. The van der Waals surface area contributed by atoms with E-state index in [1.807, 2.05) is 30.3 Å². The van der Waals surface area contributed by atoms with Crippen molar-refractivity contribution in [2.75, 3.05) is 16.4 Å². The van der Waals surface area contributed by atoms with Gasteiger partial charge in [-0.3, -0.25) is 4.79 Å². The van der Waals surface area contributed by atoms with Crippen LogP contribution in [0.5, 0.6) is 0 Å². The molecule has 2 aromatic rings. The van der Waals surface area contributed by atoms with Crippen LogP contribution in [0.25, 0.3) is 0 Å². The Hall–Kier alpha value is -1.85. The number of anilines is 1. The molecule has 0 bridgehead atoms. The number of nitrogens with zero attached hydrogens (tertiary/aromatic N) is 1. The number of benzene rings is 2. The van der Waals surface area contributed by atoms with E-state index in [1.54, 1.807) is 29.2 Å². The van der Waals surface area contributed by atoms with Crippen LogP contribution in [0.3, 0.4) is 0 Å². The van der Waals surface area contributed by atoms with Crippen molar-refractivity contribution in [2.24, 2.45) is 0 Å². The Labute approximate surface area is 140 Å². The molecule has 1 heterocycles. The standard InChI is InChI=1S/C17H16ClNO3S/c18-14-8-6-13(7-9-14)17(20)19(15-4-2-1-3-5-15)16-10-11-23(21,22)12-16/h1-9,16H,10-12H2. The summed E-state index contributed by atoms with van der Waals surface area (Å²) in [5, 5.41) is 0.552. The molecule has 23 heavy (non-hydrogen) atoms. The van der Waals surface area contributed by atoms with Crippen LogP contribution in [-0.2, 0) is 9.84 Å². The SMILES string of the molecule is O=C(c1ccc(Cl)cc1)N(c1ccccc1)C1CCS(=O)(=O)C1. The summed E-state index contributed by atoms with van der Waals surface area (Å²) in [5.41, 5.74) is 1.19. The summed E-state index contributed by atoms with van der Waals surface area (Å²) in [6.07, 6.45) is 0.455. The number of para-hydroxylation sites is 1. The van der Waals surface area contributed by atoms with Crippen molar-refractivity contribution < 1.29 is 13.2 Å². The average Bonchev–Trinajstić information content (AvgIpc) is 2.89. The summed E-state index contributed by atoms with van der Waals surface area (Å²) in [7, 11) is -3.09. The largest absolute Gasteiger partial charge is 0.304 e. The number of rotatable bonds is 3. The third kappa shape index (κ3) is 3.57. The van der Waals surface area contributed by atoms with E-state index >= 15 is 0 Å². The molecule has 0 saturated carbocycles. The Bertz CT molecular complexity index is 803. The van der Waals surface area contributed by atoms with Gasteiger partial charge in [0.1, 0.15) is 0 Å². The summed E-state index contributed by atoms with van der Waals surface area (Å²) in [5.74, 6) is -0.0918. The lowest BCUT2D eigenvalue weighted by molar-refractivity contribution is 0.0979. The van der Waals surface area contributed by atoms with Crippen LogP contribution < -0.4 is 4.90 Å². The number of carbonyl (C=O) groups excluding carboxylic acids is 1. The van der Waals surface area contributed by atoms with Crippen LogP contribution in [0, 0.1) is 0 Å². The molecule has 1 aliphatic rings. The minimum atomic E-state index is -3.09. The minimum absolute atomic E-state index is 0.00121. The Kier molecular flexibility index (Phi) is 4.41. The van der Waals surface area contributed by atoms with Gasteiger partial charge in [0.2, 0.25) is 0 Å². The number of hydrogen-bond acceptors (Lipinski definition) is 3. The topological polar surface area (TPSA) is 54.5 Å². The van der Waals surface area contributed by atoms with E-state index in [-0.39, 0.29) is 23.5 Å². The molecule has 1 aliphatic heterocycles. The first-order valence-electron chi connectivity index (χ1n) is 7.31. The second-order valence-electron chi connectivity index (χ2n) is 5.57. The van der Waals surface area contributed by atoms with Crippen LogP contribution >= 0.6 is 11.6 Å². The van der Waals surface area contributed by atoms with Crippen molar-refractivity contribution in [2.45, 2.75) is 12.5 Å². The second-order valence-corrected chi connectivity index (χ2v) is 8.24. The van der Waals surface area contributed by atoms with Gasteiger partial charge < -0.3 is 4.90 Å². The molecule has 0 aromatic heterocycles. The zero-order valence-electron chi connectivity index (χ0n) is 12.4. The van der Waals surface area contributed by atoms with E-state index < -0.39 is 9.84 Å². The van der Waals surface area contributed by atoms with Gasteiger partial charge >= 0.3 is 0 Å². The first-order chi connectivity index (χ1) is 11.0. The molecule has 0 N–H and O–H groups in total. The Morgan fingerprint density at radius 3 is 2.26 bits per heavy atom. The van der Waals surface area contributed by atoms with Gasteiger partial charge in [-0.15, -0.1) is 0 Å². The molecule has 3 rings (SSSR count). The van der Waals surface area contributed by atoms with Gasteiger partial charge in [0.25, 0.3) is 5.91 Å². The first kappa shape index (κ1) is 16.0. The van der Waals surface area contributed by atoms with Crippen LogP contribution in [0.2, 0.25) is 5.02 Å². The summed E-state index contributed by atoms with van der Waals surface area (Å²) in [6, 6.07) is 15.4. The molecule has 1 atom stereocenters. The molecule has 1 saturated heterocycles. The number of hydrogen-bond donors (Lipinski definition) is 0. The maximum absolute atomic E-state index is 12.9. The van der Waals surface area contributed by atoms with Crippen molar-refractivity contribution >= 4 is 33.0 Å². The first-order valence-corrected chi connectivity index (χ1v) is 9.51. The van der Waals surface area contributed by atoms with Crippen LogP contribution in [-0.4, -0.2) is 31.9 Å². The van der Waals surface area contributed by atoms with Gasteiger partial charge in [-0.1, -0.05) is 29.8 Å². The summed E-state index contributed by atoms with van der Waals surface area (Å²) >= 11 is 5.87. The molecule has 1 amide bonds. The molecule has 1 fully saturated rings. The summed E-state index contributed by atoms with van der Waals surface area (Å²) in [6.45, 7) is 0. The number of sulfone groups is 1. The molecule has 0 aliphatic carbocycles. The number of amides is 1. The van der Waals surface area contributed by atoms with Gasteiger partial charge in [0.15, 0.2) is 9.84 Å². The summed E-state index contributed by atoms with van der Waals surface area (Å²) in [4.78, 5) is 14.5. The Balaban J connectivity index is 1.98. The maximum Gasteiger partial charge on any atom is 0.258 e. The number of halogens is 1. The average molecular weight is 350 g/mol. The highest BCUT2D eigenvalue weighted by Gasteiger charge is 2.35. The van der Waals surface area contributed by atoms with Gasteiger partial charge in [0, 0.05) is 16.3 Å². The van der Waals surface area contributed by atoms with Crippen LogP contribution in [0.4, 0.5) is 5.69 Å². The zero-order chi connectivity index (χ0) is 16.4. The van der Waals surface area contributed by atoms with E-state index in [4.69, 9.17) is 11.6 Å². The molecule has 1 unspecified atom stereocenters. The molecule has 2 aromatic carbocycles. The van der Waals surface area contributed by atoms with Crippen LogP contribution in [0.1, 0.15) is 16.8 Å². The fraction of sp³-hybridized carbons (Fsp3) is 0.235. The lowest BCUT2D eigenvalue weighted by atomic mass is 10.1. The molecule has 0 radical (unpaired) electrons. The predicted molar refractivity (Wildman–Crippen MR) is 91.8 cm³/mol. The molecule has 6 heteroatoms. The predicted octanol–water partition coefficient (Wildman–Crippen LogP) is 3.17. The van der Waals surface area contributed by atoms with Crippen molar-refractivity contribution in [3.63, 3.8) is 0 Å². The third-order valence-electron chi connectivity index (χ3n) is 3.92. The highest BCUT2D eigenvalue weighted by atomic mass is 35.5. The fourth-order valence-corrected chi connectivity index (χ4v) is 4.62. The van der Waals surface area contributed by atoms with Crippen molar-refractivity contribution in [1.29, 1.82) is 0 Å². The van der Waals surface area contributed by atoms with E-state index in [2.05, 4.69) is 0 Å². The highest BCUT2D eigenvalue weighted by molar-refractivity contribution is 7.91. The third-order valence-corrected chi connectivity index (χ3v) is 5.92. The zero-order valence-corrected chi connectivity index (χ0v) is 13.9. The fourth-order valence-electron chi connectivity index (χ4n) is 2.79. The van der Waals surface area contributed by atoms with Gasteiger partial charge in [0.05, 0.1) is 17.5 Å². The van der Waals surface area contributed by atoms with E-state index in [1.165, 1.54) is 0 Å². The van der Waals surface area contributed by atoms with Gasteiger partial charge in [-0.2, -0.15) is 0 Å². The lowest BCUT2D eigenvalue weighted by Crippen LogP contribution is -2.41. The van der Waals surface area contributed by atoms with Gasteiger partial charge in [-0.25, -0.2) is 8.42 Å². The minimum Gasteiger partial charge on any atom is -0.304 e. The molecule has 4 nitrogen and oxygen atoms in total. The highest BCUT2D eigenvalue weighted by Crippen LogP contribution is 2.26. The monoisotopic (exact) mass is 349 g/mol. The van der Waals surface area contributed by atoms with Crippen molar-refractivity contribution in [3.05, 3.63) is 65.2 Å². The van der Waals surface area contributed by atoms with E-state index in [9.17, 15) is 13.2 Å². The smallest absolute Gasteiger partial charge is 0.258 e. The van der Waals surface area contributed by atoms with Crippen molar-refractivity contribution in [3.8, 4) is 0 Å². The molecular weight excluding hydrogens is 334 g/mol. The Morgan fingerprint density at radius 2 is 1.70 bits per heavy atom. The quantitative estimate of drug-likeness (QED) is 0.855. The van der Waals surface area contributed by atoms with Crippen LogP contribution in [0.15, 0.2) is 54.6 Å². The van der Waals surface area contributed by atoms with E-state index in [0.29, 0.717) is 22.7 Å². The number of carbonyl (C=O) groups is 1. The molecule has 120 valence electrons. The summed E-state index contributed by atoms with van der Waals surface area (Å²) < 4.78 is 23.7. The van der Waals surface area contributed by atoms with Gasteiger partial charge in [-0.05, 0) is 42.8 Å². The van der Waals surface area contributed by atoms with Crippen molar-refractivity contribution in [1.82, 2.24) is 0 Å².